The summed E-state index contributed by atoms with van der Waals surface area (Å²) in [6.45, 7) is 5.60. The fraction of sp³-hybridized carbons (Fsp3) is 0.444. The van der Waals surface area contributed by atoms with Crippen LogP contribution in [0.4, 0.5) is 13.2 Å². The molecule has 0 aromatic heterocycles. The number of hydrogen-bond donors (Lipinski definition) is 1. The van der Waals surface area contributed by atoms with Gasteiger partial charge in [-0.3, -0.25) is 9.59 Å². The topological polar surface area (TPSA) is 46.2 Å². The molecule has 0 radical (unpaired) electrons. The van der Waals surface area contributed by atoms with Gasteiger partial charge in [0, 0.05) is 35.5 Å². The number of allylic oxidation sites excluding steroid dienone is 1. The van der Waals surface area contributed by atoms with Crippen molar-refractivity contribution in [1.82, 2.24) is 5.32 Å². The molecule has 3 nitrogen and oxygen atoms in total. The molecule has 1 aromatic carbocycles. The number of rotatable bonds is 2. The number of carbonyl (C=O) groups is 2. The van der Waals surface area contributed by atoms with Crippen LogP contribution in [-0.4, -0.2) is 17.1 Å². The molecule has 0 spiro atoms. The molecule has 25 heavy (non-hydrogen) atoms. The lowest BCUT2D eigenvalue weighted by Gasteiger charge is -2.27. The van der Waals surface area contributed by atoms with Crippen molar-refractivity contribution < 1.29 is 22.8 Å². The molecule has 2 rings (SSSR count). The van der Waals surface area contributed by atoms with Crippen molar-refractivity contribution in [3.8, 4) is 0 Å². The van der Waals surface area contributed by atoms with E-state index >= 15 is 0 Å². The van der Waals surface area contributed by atoms with E-state index in [0.29, 0.717) is 0 Å². The number of alkyl halides is 3. The van der Waals surface area contributed by atoms with Crippen molar-refractivity contribution in [2.24, 2.45) is 0 Å². The highest BCUT2D eigenvalue weighted by molar-refractivity contribution is 6.31. The maximum absolute atomic E-state index is 13.3. The summed E-state index contributed by atoms with van der Waals surface area (Å²) in [6, 6.07) is 3.47. The van der Waals surface area contributed by atoms with Crippen molar-refractivity contribution in [3.05, 3.63) is 46.1 Å². The second kappa shape index (κ2) is 6.83. The van der Waals surface area contributed by atoms with E-state index in [1.165, 1.54) is 18.3 Å². The van der Waals surface area contributed by atoms with Gasteiger partial charge in [0.15, 0.2) is 11.6 Å². The Morgan fingerprint density at radius 2 is 1.68 bits per heavy atom. The Morgan fingerprint density at radius 3 is 2.16 bits per heavy atom. The highest BCUT2D eigenvalue weighted by atomic mass is 35.5. The third-order valence-corrected chi connectivity index (χ3v) is 4.21. The van der Waals surface area contributed by atoms with Crippen molar-refractivity contribution in [1.29, 1.82) is 0 Å². The summed E-state index contributed by atoms with van der Waals surface area (Å²) >= 11 is 5.97. The number of Topliss-reactive ketones (excluding diaryl/α,β-unsaturated/α-hetero) is 2. The molecular weight excluding hydrogens is 355 g/mol. The quantitative estimate of drug-likeness (QED) is 0.606. The van der Waals surface area contributed by atoms with Gasteiger partial charge in [-0.15, -0.1) is 0 Å². The predicted octanol–water partition coefficient (Wildman–Crippen LogP) is 4.65. The van der Waals surface area contributed by atoms with Crippen molar-refractivity contribution >= 4 is 23.2 Å². The zero-order valence-corrected chi connectivity index (χ0v) is 14.9. The molecule has 1 aliphatic rings. The number of nitrogens with one attached hydrogen (secondary N) is 1. The number of ketones is 2. The summed E-state index contributed by atoms with van der Waals surface area (Å²) in [5.74, 6) is -1.84. The Hall–Kier alpha value is -1.82. The molecule has 136 valence electrons. The van der Waals surface area contributed by atoms with Gasteiger partial charge in [-0.1, -0.05) is 17.7 Å². The lowest BCUT2D eigenvalue weighted by atomic mass is 9.78. The lowest BCUT2D eigenvalue weighted by Crippen LogP contribution is -2.34. The summed E-state index contributed by atoms with van der Waals surface area (Å²) in [6.07, 6.45) is -3.61. The summed E-state index contributed by atoms with van der Waals surface area (Å²) < 4.78 is 39.8. The van der Waals surface area contributed by atoms with Gasteiger partial charge in [0.1, 0.15) is 0 Å². The molecule has 1 saturated carbocycles. The number of benzene rings is 1. The first-order valence-corrected chi connectivity index (χ1v) is 8.18. The highest BCUT2D eigenvalue weighted by Crippen LogP contribution is 2.43. The molecule has 0 saturated heterocycles. The minimum atomic E-state index is -4.60. The van der Waals surface area contributed by atoms with Crippen LogP contribution >= 0.6 is 11.6 Å². The first kappa shape index (κ1) is 19.5. The zero-order chi connectivity index (χ0) is 19.0. The lowest BCUT2D eigenvalue weighted by molar-refractivity contribution is -0.139. The predicted molar refractivity (Wildman–Crippen MR) is 89.4 cm³/mol. The molecule has 1 aromatic rings. The smallest absolute Gasteiger partial charge is 0.386 e. The van der Waals surface area contributed by atoms with Crippen LogP contribution in [0.25, 0.3) is 0 Å². The summed E-state index contributed by atoms with van der Waals surface area (Å²) in [5, 5.41) is 2.86. The number of hydrogen-bond acceptors (Lipinski definition) is 3. The SMILES string of the molecule is CC(C)(C)NC=C1C(=O)CC(c2c(Cl)cccc2C(F)(F)F)CC1=O. The van der Waals surface area contributed by atoms with Gasteiger partial charge >= 0.3 is 6.18 Å². The van der Waals surface area contributed by atoms with E-state index in [4.69, 9.17) is 11.6 Å². The van der Waals surface area contributed by atoms with Crippen LogP contribution in [0, 0.1) is 0 Å². The van der Waals surface area contributed by atoms with Crippen molar-refractivity contribution in [2.45, 2.75) is 51.2 Å². The molecule has 0 aliphatic heterocycles. The number of carbonyl (C=O) groups excluding carboxylic acids is 2. The first-order chi connectivity index (χ1) is 11.4. The zero-order valence-electron chi connectivity index (χ0n) is 14.1. The van der Waals surface area contributed by atoms with Crippen LogP contribution in [0.2, 0.25) is 5.02 Å². The first-order valence-electron chi connectivity index (χ1n) is 7.80. The van der Waals surface area contributed by atoms with Gasteiger partial charge in [0.05, 0.1) is 11.1 Å². The van der Waals surface area contributed by atoms with E-state index in [1.54, 1.807) is 0 Å². The average Bonchev–Trinajstić information content (AvgIpc) is 2.43. The van der Waals surface area contributed by atoms with Gasteiger partial charge in [-0.25, -0.2) is 0 Å². The number of halogens is 4. The normalized spacial score (nSPS) is 19.2. The van der Waals surface area contributed by atoms with E-state index in [0.717, 1.165) is 6.07 Å². The molecule has 1 aliphatic carbocycles. The van der Waals surface area contributed by atoms with Crippen molar-refractivity contribution in [3.63, 3.8) is 0 Å². The summed E-state index contributed by atoms with van der Waals surface area (Å²) in [4.78, 5) is 24.6. The largest absolute Gasteiger partial charge is 0.416 e. The summed E-state index contributed by atoms with van der Waals surface area (Å²) in [5.41, 5.74) is -1.42. The van der Waals surface area contributed by atoms with E-state index in [2.05, 4.69) is 5.32 Å². The maximum Gasteiger partial charge on any atom is 0.416 e. The Kier molecular flexibility index (Phi) is 5.33. The van der Waals surface area contributed by atoms with Crippen LogP contribution in [0.15, 0.2) is 30.0 Å². The Balaban J connectivity index is 2.35. The minimum absolute atomic E-state index is 0.00760. The minimum Gasteiger partial charge on any atom is -0.386 e. The molecule has 7 heteroatoms. The molecule has 1 fully saturated rings. The van der Waals surface area contributed by atoms with Crippen LogP contribution in [0.1, 0.15) is 50.7 Å². The third-order valence-electron chi connectivity index (χ3n) is 3.88. The van der Waals surface area contributed by atoms with Crippen LogP contribution in [0.3, 0.4) is 0 Å². The van der Waals surface area contributed by atoms with Crippen LogP contribution < -0.4 is 5.32 Å². The molecule has 0 atom stereocenters. The average molecular weight is 374 g/mol. The Labute approximate surface area is 149 Å². The van der Waals surface area contributed by atoms with Gasteiger partial charge in [-0.05, 0) is 38.5 Å². The van der Waals surface area contributed by atoms with Gasteiger partial charge in [0.25, 0.3) is 0 Å². The second-order valence-corrected chi connectivity index (χ2v) is 7.51. The van der Waals surface area contributed by atoms with Gasteiger partial charge < -0.3 is 5.32 Å². The third kappa shape index (κ3) is 4.63. The standard InChI is InChI=1S/C18H19ClF3NO2/c1-17(2,3)23-9-11-14(24)7-10(8-15(11)25)16-12(18(20,21)22)5-4-6-13(16)19/h4-6,9-10,23H,7-8H2,1-3H3. The fourth-order valence-electron chi connectivity index (χ4n) is 2.75. The molecule has 0 heterocycles. The maximum atomic E-state index is 13.3. The van der Waals surface area contributed by atoms with E-state index in [-0.39, 0.29) is 34.5 Å². The summed E-state index contributed by atoms with van der Waals surface area (Å²) in [7, 11) is 0. The van der Waals surface area contributed by atoms with Gasteiger partial charge in [0.2, 0.25) is 0 Å². The molecule has 1 N–H and O–H groups in total. The second-order valence-electron chi connectivity index (χ2n) is 7.10. The van der Waals surface area contributed by atoms with Crippen LogP contribution in [0.5, 0.6) is 0 Å². The van der Waals surface area contributed by atoms with Crippen LogP contribution in [-0.2, 0) is 15.8 Å². The van der Waals surface area contributed by atoms with Gasteiger partial charge in [-0.2, -0.15) is 13.2 Å². The fourth-order valence-corrected chi connectivity index (χ4v) is 3.08. The van der Waals surface area contributed by atoms with E-state index in [1.807, 2.05) is 20.8 Å². The van der Waals surface area contributed by atoms with E-state index in [9.17, 15) is 22.8 Å². The molecule has 0 bridgehead atoms. The highest BCUT2D eigenvalue weighted by Gasteiger charge is 2.40. The Morgan fingerprint density at radius 1 is 1.12 bits per heavy atom. The molecular formula is C18H19ClF3NO2. The van der Waals surface area contributed by atoms with Crippen molar-refractivity contribution in [2.75, 3.05) is 0 Å². The van der Waals surface area contributed by atoms with E-state index < -0.39 is 29.2 Å². The Bertz CT molecular complexity index is 713. The monoisotopic (exact) mass is 373 g/mol. The molecule has 0 unspecified atom stereocenters. The molecule has 0 amide bonds.